The summed E-state index contributed by atoms with van der Waals surface area (Å²) in [6, 6.07) is 19.7. The largest absolute Gasteiger partial charge is 0.339 e. The molecule has 2 heterocycles. The number of piperidine rings is 1. The monoisotopic (exact) mass is 333 g/mol. The van der Waals surface area contributed by atoms with E-state index in [0.717, 1.165) is 32.2 Å². The molecule has 0 saturated carbocycles. The highest BCUT2D eigenvalue weighted by molar-refractivity contribution is 5.76. The van der Waals surface area contributed by atoms with Crippen molar-refractivity contribution in [2.24, 2.45) is 5.92 Å². The fraction of sp³-hybridized carbons (Fsp3) is 0.435. The molecule has 1 amide bonds. The number of aryl methyl sites for hydroxylation is 1. The zero-order valence-corrected chi connectivity index (χ0v) is 14.9. The molecular formula is C23H27NO. The van der Waals surface area contributed by atoms with Gasteiger partial charge in [-0.05, 0) is 61.1 Å². The highest BCUT2D eigenvalue weighted by atomic mass is 16.2. The first-order chi connectivity index (χ1) is 12.3. The Morgan fingerprint density at radius 2 is 1.64 bits per heavy atom. The first kappa shape index (κ1) is 16.4. The Labute approximate surface area is 150 Å². The van der Waals surface area contributed by atoms with Gasteiger partial charge in [-0.25, -0.2) is 0 Å². The number of carbonyl (C=O) groups excluding carboxylic acids is 1. The molecular weight excluding hydrogens is 306 g/mol. The fourth-order valence-electron chi connectivity index (χ4n) is 4.54. The van der Waals surface area contributed by atoms with E-state index >= 15 is 0 Å². The Hall–Kier alpha value is -2.09. The van der Waals surface area contributed by atoms with Gasteiger partial charge in [0.25, 0.3) is 0 Å². The second-order valence-corrected chi connectivity index (χ2v) is 7.66. The first-order valence-electron chi connectivity index (χ1n) is 9.70. The van der Waals surface area contributed by atoms with Crippen LogP contribution in [-0.2, 0) is 24.1 Å². The fourth-order valence-corrected chi connectivity index (χ4v) is 4.54. The molecule has 2 bridgehead atoms. The normalized spacial score (nSPS) is 22.2. The predicted octanol–water partition coefficient (Wildman–Crippen LogP) is 4.42. The van der Waals surface area contributed by atoms with E-state index in [0.29, 0.717) is 24.3 Å². The minimum atomic E-state index is 0.366. The Morgan fingerprint density at radius 3 is 2.44 bits per heavy atom. The third-order valence-corrected chi connectivity index (χ3v) is 5.91. The van der Waals surface area contributed by atoms with Gasteiger partial charge in [0.1, 0.15) is 0 Å². The highest BCUT2D eigenvalue weighted by Gasteiger charge is 2.34. The van der Waals surface area contributed by atoms with Gasteiger partial charge >= 0.3 is 0 Å². The second-order valence-electron chi connectivity index (χ2n) is 7.66. The second kappa shape index (κ2) is 7.43. The molecule has 1 aliphatic carbocycles. The molecule has 5 rings (SSSR count). The lowest BCUT2D eigenvalue weighted by Gasteiger charge is -2.42. The maximum Gasteiger partial charge on any atom is 0.222 e. The van der Waals surface area contributed by atoms with Crippen LogP contribution in [0.25, 0.3) is 0 Å². The topological polar surface area (TPSA) is 20.3 Å². The van der Waals surface area contributed by atoms with Crippen LogP contribution in [0.5, 0.6) is 0 Å². The van der Waals surface area contributed by atoms with Crippen molar-refractivity contribution in [2.75, 3.05) is 6.54 Å². The van der Waals surface area contributed by atoms with E-state index in [1.54, 1.807) is 0 Å². The lowest BCUT2D eigenvalue weighted by molar-refractivity contribution is -0.136. The molecule has 0 spiro atoms. The summed E-state index contributed by atoms with van der Waals surface area (Å²) < 4.78 is 0. The van der Waals surface area contributed by atoms with Crippen molar-refractivity contribution in [3.05, 3.63) is 71.3 Å². The molecule has 2 atom stereocenters. The van der Waals surface area contributed by atoms with Gasteiger partial charge in [-0.1, -0.05) is 54.6 Å². The van der Waals surface area contributed by atoms with E-state index < -0.39 is 0 Å². The summed E-state index contributed by atoms with van der Waals surface area (Å²) in [5.74, 6) is 1.00. The van der Waals surface area contributed by atoms with Crippen LogP contribution in [0.2, 0.25) is 0 Å². The lowest BCUT2D eigenvalue weighted by Crippen LogP contribution is -2.49. The molecule has 25 heavy (non-hydrogen) atoms. The zero-order valence-electron chi connectivity index (χ0n) is 14.9. The van der Waals surface area contributed by atoms with Crippen LogP contribution in [0.1, 0.15) is 42.4 Å². The van der Waals surface area contributed by atoms with Crippen LogP contribution in [-0.4, -0.2) is 23.4 Å². The molecule has 130 valence electrons. The van der Waals surface area contributed by atoms with Crippen molar-refractivity contribution in [3.8, 4) is 0 Å². The number of benzene rings is 2. The molecule has 2 aliphatic heterocycles. The third-order valence-electron chi connectivity index (χ3n) is 5.91. The van der Waals surface area contributed by atoms with E-state index in [1.165, 1.54) is 29.5 Å². The third kappa shape index (κ3) is 3.78. The van der Waals surface area contributed by atoms with Crippen molar-refractivity contribution in [3.63, 3.8) is 0 Å². The molecule has 0 unspecified atom stereocenters. The molecule has 0 N–H and O–H groups in total. The Kier molecular flexibility index (Phi) is 4.87. The summed E-state index contributed by atoms with van der Waals surface area (Å²) in [5.41, 5.74) is 4.30. The highest BCUT2D eigenvalue weighted by Crippen LogP contribution is 2.32. The molecule has 1 fully saturated rings. The molecule has 2 aromatic carbocycles. The molecule has 0 aromatic heterocycles. The summed E-state index contributed by atoms with van der Waals surface area (Å²) in [4.78, 5) is 15.1. The smallest absolute Gasteiger partial charge is 0.222 e. The standard InChI is InChI=1S/C23H27NO/c25-23(12-6-9-18-7-2-1-3-8-18)24-17-19-13-14-22(24)16-21-11-5-4-10-20(21)15-19/h1-5,7-8,10-11,19,22H,6,9,12-17H2/t19-,22+/m0/s1. The van der Waals surface area contributed by atoms with E-state index in [-0.39, 0.29) is 0 Å². The number of hydrogen-bond donors (Lipinski definition) is 0. The van der Waals surface area contributed by atoms with E-state index in [2.05, 4.69) is 53.4 Å². The van der Waals surface area contributed by atoms with E-state index in [1.807, 2.05) is 6.07 Å². The van der Waals surface area contributed by atoms with Crippen LogP contribution >= 0.6 is 0 Å². The lowest BCUT2D eigenvalue weighted by atomic mass is 9.80. The molecule has 0 radical (unpaired) electrons. The average molecular weight is 333 g/mol. The molecule has 2 heteroatoms. The summed E-state index contributed by atoms with van der Waals surface area (Å²) in [6.45, 7) is 0.961. The SMILES string of the molecule is O=C(CCCc1ccccc1)N1C[C@H]2CC[C@@H]1Cc1ccccc1C2. The Bertz CT molecular complexity index is 724. The van der Waals surface area contributed by atoms with Crippen molar-refractivity contribution in [1.82, 2.24) is 4.90 Å². The van der Waals surface area contributed by atoms with Crippen molar-refractivity contribution < 1.29 is 4.79 Å². The van der Waals surface area contributed by atoms with Crippen LogP contribution < -0.4 is 0 Å². The molecule has 2 nitrogen and oxygen atoms in total. The van der Waals surface area contributed by atoms with Crippen molar-refractivity contribution in [2.45, 2.75) is 51.0 Å². The number of hydrogen-bond acceptors (Lipinski definition) is 1. The quantitative estimate of drug-likeness (QED) is 0.811. The van der Waals surface area contributed by atoms with E-state index in [9.17, 15) is 4.79 Å². The number of amides is 1. The number of carbonyl (C=O) groups is 1. The number of fused-ring (bicyclic) bond motifs is 2. The van der Waals surface area contributed by atoms with Gasteiger partial charge in [-0.3, -0.25) is 4.79 Å². The van der Waals surface area contributed by atoms with Crippen LogP contribution in [0, 0.1) is 5.92 Å². The van der Waals surface area contributed by atoms with Crippen molar-refractivity contribution >= 4 is 5.91 Å². The first-order valence-corrected chi connectivity index (χ1v) is 9.70. The van der Waals surface area contributed by atoms with Gasteiger partial charge in [0.05, 0.1) is 0 Å². The molecule has 2 aromatic rings. The Balaban J connectivity index is 1.40. The summed E-state index contributed by atoms with van der Waals surface area (Å²) in [7, 11) is 0. The van der Waals surface area contributed by atoms with Gasteiger partial charge < -0.3 is 4.90 Å². The number of rotatable bonds is 4. The van der Waals surface area contributed by atoms with Crippen LogP contribution in [0.15, 0.2) is 54.6 Å². The van der Waals surface area contributed by atoms with Crippen molar-refractivity contribution in [1.29, 1.82) is 0 Å². The summed E-state index contributed by atoms with van der Waals surface area (Å²) in [6.07, 6.45) is 7.24. The number of nitrogens with zero attached hydrogens (tertiary/aromatic N) is 1. The van der Waals surface area contributed by atoms with Gasteiger partial charge in [0.2, 0.25) is 5.91 Å². The Morgan fingerprint density at radius 1 is 0.920 bits per heavy atom. The van der Waals surface area contributed by atoms with Gasteiger partial charge in [-0.2, -0.15) is 0 Å². The minimum Gasteiger partial charge on any atom is -0.339 e. The van der Waals surface area contributed by atoms with Crippen LogP contribution in [0.4, 0.5) is 0 Å². The average Bonchev–Trinajstić information content (AvgIpc) is 2.62. The maximum absolute atomic E-state index is 12.9. The van der Waals surface area contributed by atoms with Gasteiger partial charge in [0.15, 0.2) is 0 Å². The van der Waals surface area contributed by atoms with Gasteiger partial charge in [-0.15, -0.1) is 0 Å². The van der Waals surface area contributed by atoms with Gasteiger partial charge in [0, 0.05) is 19.0 Å². The maximum atomic E-state index is 12.9. The predicted molar refractivity (Wildman–Crippen MR) is 101 cm³/mol. The summed E-state index contributed by atoms with van der Waals surface area (Å²) >= 11 is 0. The summed E-state index contributed by atoms with van der Waals surface area (Å²) in [5, 5.41) is 0. The molecule has 1 saturated heterocycles. The van der Waals surface area contributed by atoms with E-state index in [4.69, 9.17) is 0 Å². The van der Waals surface area contributed by atoms with Crippen LogP contribution in [0.3, 0.4) is 0 Å². The zero-order chi connectivity index (χ0) is 17.1. The minimum absolute atomic E-state index is 0.366. The molecule has 3 aliphatic rings.